The van der Waals surface area contributed by atoms with Crippen molar-refractivity contribution < 1.29 is 14.6 Å². The summed E-state index contributed by atoms with van der Waals surface area (Å²) in [5.74, 6) is 0.0747. The number of pyridine rings is 1. The van der Waals surface area contributed by atoms with Gasteiger partial charge in [-0.2, -0.15) is 0 Å². The van der Waals surface area contributed by atoms with Crippen LogP contribution in [0.25, 0.3) is 10.8 Å². The lowest BCUT2D eigenvalue weighted by atomic mass is 10.1. The molecule has 0 amide bonds. The molecule has 3 aromatic rings. The first-order valence-electron chi connectivity index (χ1n) is 8.48. The summed E-state index contributed by atoms with van der Waals surface area (Å²) < 4.78 is 5.87. The van der Waals surface area contributed by atoms with Crippen LogP contribution in [-0.4, -0.2) is 16.1 Å². The molecule has 0 atom stereocenters. The summed E-state index contributed by atoms with van der Waals surface area (Å²) in [7, 11) is 0. The van der Waals surface area contributed by atoms with Gasteiger partial charge in [0.05, 0.1) is 5.69 Å². The van der Waals surface area contributed by atoms with Gasteiger partial charge in [0.15, 0.2) is 0 Å². The van der Waals surface area contributed by atoms with Gasteiger partial charge in [0.25, 0.3) is 0 Å². The molecule has 0 unspecified atom stereocenters. The van der Waals surface area contributed by atoms with Gasteiger partial charge in [0.2, 0.25) is 0 Å². The maximum atomic E-state index is 10.5. The molecule has 0 radical (unpaired) electrons. The number of carbonyl (C=O) groups is 1. The molecule has 2 aromatic carbocycles. The highest BCUT2D eigenvalue weighted by atomic mass is 16.5. The van der Waals surface area contributed by atoms with E-state index in [1.807, 2.05) is 54.7 Å². The summed E-state index contributed by atoms with van der Waals surface area (Å²) in [6, 6.07) is 18.1. The van der Waals surface area contributed by atoms with Crippen molar-refractivity contribution in [1.82, 2.24) is 4.98 Å². The van der Waals surface area contributed by atoms with Gasteiger partial charge in [0.1, 0.15) is 12.4 Å². The number of hydrogen-bond acceptors (Lipinski definition) is 3. The number of ether oxygens (including phenoxy) is 1. The predicted octanol–water partition coefficient (Wildman–Crippen LogP) is 4.61. The molecule has 0 saturated carbocycles. The van der Waals surface area contributed by atoms with Gasteiger partial charge in [-0.15, -0.1) is 0 Å². The van der Waals surface area contributed by atoms with Crippen molar-refractivity contribution in [2.24, 2.45) is 0 Å². The maximum Gasteiger partial charge on any atom is 0.303 e. The van der Waals surface area contributed by atoms with Crippen molar-refractivity contribution in [3.63, 3.8) is 0 Å². The molecule has 25 heavy (non-hydrogen) atoms. The summed E-state index contributed by atoms with van der Waals surface area (Å²) in [4.78, 5) is 15.0. The minimum absolute atomic E-state index is 0.226. The Morgan fingerprint density at radius 2 is 1.84 bits per heavy atom. The zero-order valence-corrected chi connectivity index (χ0v) is 14.0. The molecule has 0 bridgehead atoms. The Kier molecular flexibility index (Phi) is 5.62. The van der Waals surface area contributed by atoms with Crippen LogP contribution >= 0.6 is 0 Å². The Hall–Kier alpha value is -2.88. The monoisotopic (exact) mass is 335 g/mol. The number of rotatable bonds is 8. The number of benzene rings is 2. The Morgan fingerprint density at radius 1 is 1.00 bits per heavy atom. The zero-order chi connectivity index (χ0) is 17.5. The molecule has 1 aromatic heterocycles. The number of aromatic nitrogens is 1. The third-order valence-electron chi connectivity index (χ3n) is 4.08. The van der Waals surface area contributed by atoms with E-state index in [9.17, 15) is 4.79 Å². The second-order valence-corrected chi connectivity index (χ2v) is 6.06. The summed E-state index contributed by atoms with van der Waals surface area (Å²) in [5.41, 5.74) is 2.06. The Morgan fingerprint density at radius 3 is 2.68 bits per heavy atom. The predicted molar refractivity (Wildman–Crippen MR) is 97.7 cm³/mol. The highest BCUT2D eigenvalue weighted by Crippen LogP contribution is 2.18. The molecule has 0 aliphatic carbocycles. The summed E-state index contributed by atoms with van der Waals surface area (Å²) in [6.07, 6.45) is 4.51. The molecule has 0 saturated heterocycles. The van der Waals surface area contributed by atoms with Crippen LogP contribution in [0.1, 0.15) is 30.5 Å². The Labute approximate surface area is 147 Å². The topological polar surface area (TPSA) is 59.4 Å². The van der Waals surface area contributed by atoms with Crippen LogP contribution in [0.15, 0.2) is 60.8 Å². The van der Waals surface area contributed by atoms with Crippen molar-refractivity contribution in [3.8, 4) is 5.75 Å². The van der Waals surface area contributed by atoms with Crippen LogP contribution in [0, 0.1) is 0 Å². The average Bonchev–Trinajstić information content (AvgIpc) is 2.64. The van der Waals surface area contributed by atoms with Gasteiger partial charge in [-0.25, -0.2) is 0 Å². The summed E-state index contributed by atoms with van der Waals surface area (Å²) >= 11 is 0. The zero-order valence-electron chi connectivity index (χ0n) is 14.0. The van der Waals surface area contributed by atoms with Crippen LogP contribution in [0.4, 0.5) is 0 Å². The molecular weight excluding hydrogens is 314 g/mol. The molecular formula is C21H21NO3. The quantitative estimate of drug-likeness (QED) is 0.611. The number of carboxylic acid groups (broad SMARTS) is 1. The van der Waals surface area contributed by atoms with Crippen LogP contribution < -0.4 is 4.74 Å². The standard InChI is InChI=1S/C21H21NO3/c23-21(24)11-4-1-6-16-7-5-10-20(12-16)25-15-19-13-17-8-2-3-9-18(17)14-22-19/h2-3,5,7-10,12-14H,1,4,6,11,15H2,(H,23,24). The van der Waals surface area contributed by atoms with Crippen molar-refractivity contribution in [3.05, 3.63) is 72.1 Å². The largest absolute Gasteiger partial charge is 0.487 e. The first kappa shape index (κ1) is 17.0. The van der Waals surface area contributed by atoms with E-state index in [1.54, 1.807) is 0 Å². The van der Waals surface area contributed by atoms with Crippen LogP contribution in [0.5, 0.6) is 5.75 Å². The van der Waals surface area contributed by atoms with E-state index < -0.39 is 5.97 Å². The number of aliphatic carboxylic acids is 1. The molecule has 4 heteroatoms. The molecule has 1 heterocycles. The van der Waals surface area contributed by atoms with Crippen molar-refractivity contribution in [2.45, 2.75) is 32.3 Å². The number of unbranched alkanes of at least 4 members (excludes halogenated alkanes) is 1. The fraction of sp³-hybridized carbons (Fsp3) is 0.238. The second-order valence-electron chi connectivity index (χ2n) is 6.06. The van der Waals surface area contributed by atoms with Gasteiger partial charge in [-0.05, 0) is 48.4 Å². The van der Waals surface area contributed by atoms with E-state index in [-0.39, 0.29) is 6.42 Å². The normalized spacial score (nSPS) is 10.7. The van der Waals surface area contributed by atoms with E-state index >= 15 is 0 Å². The van der Waals surface area contributed by atoms with E-state index in [0.29, 0.717) is 13.0 Å². The maximum absolute atomic E-state index is 10.5. The lowest BCUT2D eigenvalue weighted by Crippen LogP contribution is -1.99. The first-order chi connectivity index (χ1) is 12.2. The molecule has 128 valence electrons. The summed E-state index contributed by atoms with van der Waals surface area (Å²) in [5, 5.41) is 10.9. The van der Waals surface area contributed by atoms with E-state index in [2.05, 4.69) is 11.1 Å². The van der Waals surface area contributed by atoms with E-state index in [4.69, 9.17) is 9.84 Å². The lowest BCUT2D eigenvalue weighted by Gasteiger charge is -2.08. The summed E-state index contributed by atoms with van der Waals surface area (Å²) in [6.45, 7) is 0.424. The number of carboxylic acids is 1. The van der Waals surface area contributed by atoms with Crippen molar-refractivity contribution in [1.29, 1.82) is 0 Å². The van der Waals surface area contributed by atoms with Gasteiger partial charge < -0.3 is 9.84 Å². The molecule has 1 N–H and O–H groups in total. The Bertz CT molecular complexity index is 860. The minimum Gasteiger partial charge on any atom is -0.487 e. The number of hydrogen-bond donors (Lipinski definition) is 1. The molecule has 0 aliphatic rings. The van der Waals surface area contributed by atoms with Crippen molar-refractivity contribution in [2.75, 3.05) is 0 Å². The molecule has 0 fully saturated rings. The Balaban J connectivity index is 1.56. The molecule has 0 aliphatic heterocycles. The van der Waals surface area contributed by atoms with Crippen LogP contribution in [0.3, 0.4) is 0 Å². The third-order valence-corrected chi connectivity index (χ3v) is 4.08. The number of aryl methyl sites for hydroxylation is 1. The van der Waals surface area contributed by atoms with Crippen molar-refractivity contribution >= 4 is 16.7 Å². The van der Waals surface area contributed by atoms with Crippen LogP contribution in [-0.2, 0) is 17.8 Å². The third kappa shape index (κ3) is 5.05. The molecule has 0 spiro atoms. The second kappa shape index (κ2) is 8.29. The number of nitrogens with zero attached hydrogens (tertiary/aromatic N) is 1. The molecule has 4 nitrogen and oxygen atoms in total. The van der Waals surface area contributed by atoms with Gasteiger partial charge in [-0.3, -0.25) is 9.78 Å². The fourth-order valence-corrected chi connectivity index (χ4v) is 2.76. The van der Waals surface area contributed by atoms with Gasteiger partial charge in [-0.1, -0.05) is 36.4 Å². The molecule has 3 rings (SSSR count). The average molecular weight is 335 g/mol. The van der Waals surface area contributed by atoms with Crippen LogP contribution in [0.2, 0.25) is 0 Å². The first-order valence-corrected chi connectivity index (χ1v) is 8.48. The number of fused-ring (bicyclic) bond motifs is 1. The smallest absolute Gasteiger partial charge is 0.303 e. The van der Waals surface area contributed by atoms with Gasteiger partial charge in [0, 0.05) is 18.0 Å². The highest BCUT2D eigenvalue weighted by Gasteiger charge is 2.02. The van der Waals surface area contributed by atoms with E-state index in [0.717, 1.165) is 40.6 Å². The minimum atomic E-state index is -0.736. The van der Waals surface area contributed by atoms with E-state index in [1.165, 1.54) is 0 Å². The fourth-order valence-electron chi connectivity index (χ4n) is 2.76. The van der Waals surface area contributed by atoms with Gasteiger partial charge >= 0.3 is 5.97 Å². The lowest BCUT2D eigenvalue weighted by molar-refractivity contribution is -0.137. The highest BCUT2D eigenvalue weighted by molar-refractivity contribution is 5.81. The SMILES string of the molecule is O=C(O)CCCCc1cccc(OCc2cc3ccccc3cn2)c1.